The molecule has 0 fully saturated rings. The Morgan fingerprint density at radius 2 is 2.33 bits per heavy atom. The molecule has 0 bridgehead atoms. The van der Waals surface area contributed by atoms with Gasteiger partial charge in [0, 0.05) is 6.04 Å². The van der Waals surface area contributed by atoms with Gasteiger partial charge < -0.3 is 5.73 Å². The van der Waals surface area contributed by atoms with Crippen LogP contribution in [0.15, 0.2) is 0 Å². The lowest BCUT2D eigenvalue weighted by atomic mass is 10.1. The van der Waals surface area contributed by atoms with E-state index >= 15 is 0 Å². The van der Waals surface area contributed by atoms with Crippen molar-refractivity contribution < 1.29 is 4.79 Å². The average molecular weight is 124 g/mol. The van der Waals surface area contributed by atoms with Gasteiger partial charge in [-0.1, -0.05) is 0 Å². The van der Waals surface area contributed by atoms with Crippen LogP contribution in [-0.2, 0) is 4.79 Å². The van der Waals surface area contributed by atoms with Crippen molar-refractivity contribution in [1.82, 2.24) is 0 Å². The number of hydrogen-bond acceptors (Lipinski definition) is 3. The summed E-state index contributed by atoms with van der Waals surface area (Å²) in [6.07, 6.45) is 4.71. The smallest absolute Gasteiger partial charge is 0.250 e. The number of rotatable bonds is 2. The lowest BCUT2D eigenvalue weighted by Crippen LogP contribution is -2.31. The van der Waals surface area contributed by atoms with Crippen LogP contribution in [0.1, 0.15) is 6.92 Å². The highest BCUT2D eigenvalue weighted by atomic mass is 16.1. The van der Waals surface area contributed by atoms with Gasteiger partial charge in [-0.05, 0) is 12.8 Å². The van der Waals surface area contributed by atoms with Gasteiger partial charge in [0.25, 0.3) is 5.78 Å². The van der Waals surface area contributed by atoms with Crippen molar-refractivity contribution in [2.45, 2.75) is 13.0 Å². The van der Waals surface area contributed by atoms with Crippen molar-refractivity contribution in [3.8, 4) is 12.3 Å². The van der Waals surface area contributed by atoms with Crippen molar-refractivity contribution in [3.63, 3.8) is 0 Å². The highest BCUT2D eigenvalue weighted by molar-refractivity contribution is 6.46. The van der Waals surface area contributed by atoms with E-state index in [1.165, 1.54) is 6.92 Å². The molecule has 0 aliphatic heterocycles. The van der Waals surface area contributed by atoms with Crippen LogP contribution in [0.2, 0.25) is 0 Å². The zero-order chi connectivity index (χ0) is 7.44. The molecule has 1 atom stereocenters. The molecule has 1 unspecified atom stereocenters. The fourth-order valence-electron chi connectivity index (χ4n) is 0.285. The number of carbonyl (C=O) groups excluding carboxylic acids is 1. The Balaban J connectivity index is 4.10. The second kappa shape index (κ2) is 3.00. The maximum atomic E-state index is 10.4. The highest BCUT2D eigenvalue weighted by Crippen LogP contribution is 1.80. The van der Waals surface area contributed by atoms with E-state index in [1.54, 1.807) is 5.92 Å². The number of terminal acetylenes is 1. The molecule has 0 aliphatic carbocycles. The second-order valence-electron chi connectivity index (χ2n) is 1.68. The molecule has 0 radical (unpaired) electrons. The lowest BCUT2D eigenvalue weighted by Gasteiger charge is -1.99. The Hall–Kier alpha value is -1.14. The van der Waals surface area contributed by atoms with E-state index in [0.717, 1.165) is 0 Å². The number of nitrogens with one attached hydrogen (secondary N) is 1. The fourth-order valence-corrected chi connectivity index (χ4v) is 0.285. The van der Waals surface area contributed by atoms with Gasteiger partial charge in [0.2, 0.25) is 0 Å². The normalized spacial score (nSPS) is 11.7. The first-order valence-corrected chi connectivity index (χ1v) is 2.44. The summed E-state index contributed by atoms with van der Waals surface area (Å²) >= 11 is 0. The molecule has 0 aliphatic rings. The Morgan fingerprint density at radius 1 is 1.89 bits per heavy atom. The maximum absolute atomic E-state index is 10.4. The first kappa shape index (κ1) is 7.86. The minimum atomic E-state index is -0.634. The standard InChI is InChI=1S/C6H8N2O/c1-3-5(9)6(8)4(2)7/h1,4,8H,7H2,2H3. The largest absolute Gasteiger partial charge is 0.323 e. The summed E-state index contributed by atoms with van der Waals surface area (Å²) in [5.41, 5.74) is 4.96. The van der Waals surface area contributed by atoms with Gasteiger partial charge in [-0.25, -0.2) is 0 Å². The quantitative estimate of drug-likeness (QED) is 0.297. The monoisotopic (exact) mass is 124 g/mol. The van der Waals surface area contributed by atoms with Crippen molar-refractivity contribution in [2.24, 2.45) is 5.73 Å². The average Bonchev–Trinajstić information content (AvgIpc) is 1.84. The van der Waals surface area contributed by atoms with Gasteiger partial charge in [-0.3, -0.25) is 10.2 Å². The van der Waals surface area contributed by atoms with Gasteiger partial charge in [0.05, 0.1) is 0 Å². The molecule has 0 rings (SSSR count). The first-order valence-electron chi connectivity index (χ1n) is 2.44. The third-order valence-corrected chi connectivity index (χ3v) is 0.831. The summed E-state index contributed by atoms with van der Waals surface area (Å²) in [6.45, 7) is 1.54. The van der Waals surface area contributed by atoms with E-state index < -0.39 is 11.8 Å². The van der Waals surface area contributed by atoms with Gasteiger partial charge in [-0.15, -0.1) is 6.42 Å². The summed E-state index contributed by atoms with van der Waals surface area (Å²) in [5.74, 6) is 1.17. The van der Waals surface area contributed by atoms with Crippen LogP contribution in [0.4, 0.5) is 0 Å². The van der Waals surface area contributed by atoms with Gasteiger partial charge in [0.1, 0.15) is 5.71 Å². The van der Waals surface area contributed by atoms with Crippen molar-refractivity contribution in [2.75, 3.05) is 0 Å². The minimum Gasteiger partial charge on any atom is -0.323 e. The number of nitrogens with two attached hydrogens (primary N) is 1. The van der Waals surface area contributed by atoms with Crippen molar-refractivity contribution >= 4 is 11.5 Å². The Kier molecular flexibility index (Phi) is 2.62. The van der Waals surface area contributed by atoms with E-state index in [4.69, 9.17) is 17.6 Å². The third kappa shape index (κ3) is 2.06. The van der Waals surface area contributed by atoms with E-state index in [0.29, 0.717) is 0 Å². The topological polar surface area (TPSA) is 66.9 Å². The zero-order valence-electron chi connectivity index (χ0n) is 5.14. The van der Waals surface area contributed by atoms with Crippen LogP contribution in [0.25, 0.3) is 0 Å². The molecule has 9 heavy (non-hydrogen) atoms. The summed E-state index contributed by atoms with van der Waals surface area (Å²) < 4.78 is 0. The minimum absolute atomic E-state index is 0.211. The summed E-state index contributed by atoms with van der Waals surface area (Å²) in [7, 11) is 0. The number of ketones is 1. The molecule has 3 N–H and O–H groups in total. The van der Waals surface area contributed by atoms with Crippen LogP contribution in [0, 0.1) is 17.8 Å². The molecule has 3 heteroatoms. The molecule has 0 saturated carbocycles. The maximum Gasteiger partial charge on any atom is 0.250 e. The van der Waals surface area contributed by atoms with E-state index in [-0.39, 0.29) is 5.71 Å². The Labute approximate surface area is 53.7 Å². The molecule has 0 heterocycles. The van der Waals surface area contributed by atoms with Crippen LogP contribution in [-0.4, -0.2) is 17.5 Å². The third-order valence-electron chi connectivity index (χ3n) is 0.831. The molecule has 48 valence electrons. The van der Waals surface area contributed by atoms with E-state index in [2.05, 4.69) is 0 Å². The summed E-state index contributed by atoms with van der Waals surface area (Å²) in [6, 6.07) is -0.562. The Bertz CT molecular complexity index is 176. The number of carbonyl (C=O) groups is 1. The molecule has 0 aromatic carbocycles. The van der Waals surface area contributed by atoms with Crippen molar-refractivity contribution in [1.29, 1.82) is 5.41 Å². The molecular formula is C6H8N2O. The van der Waals surface area contributed by atoms with E-state index in [1.807, 2.05) is 0 Å². The molecule has 0 aromatic heterocycles. The van der Waals surface area contributed by atoms with Gasteiger partial charge in [-0.2, -0.15) is 0 Å². The molecular weight excluding hydrogens is 116 g/mol. The molecule has 0 amide bonds. The molecule has 3 nitrogen and oxygen atoms in total. The van der Waals surface area contributed by atoms with E-state index in [9.17, 15) is 4.79 Å². The van der Waals surface area contributed by atoms with Gasteiger partial charge in [0.15, 0.2) is 0 Å². The number of hydrogen-bond donors (Lipinski definition) is 2. The van der Waals surface area contributed by atoms with Crippen molar-refractivity contribution in [3.05, 3.63) is 0 Å². The van der Waals surface area contributed by atoms with Crippen LogP contribution >= 0.6 is 0 Å². The molecule has 0 saturated heterocycles. The van der Waals surface area contributed by atoms with Crippen LogP contribution < -0.4 is 5.73 Å². The van der Waals surface area contributed by atoms with Crippen LogP contribution in [0.5, 0.6) is 0 Å². The van der Waals surface area contributed by atoms with Crippen LogP contribution in [0.3, 0.4) is 0 Å². The number of Topliss-reactive ketones (excluding diaryl/α,β-unsaturated/α-hetero) is 1. The second-order valence-corrected chi connectivity index (χ2v) is 1.68. The fraction of sp³-hybridized carbons (Fsp3) is 0.333. The van der Waals surface area contributed by atoms with Gasteiger partial charge >= 0.3 is 0 Å². The SMILES string of the molecule is C#CC(=O)C(=N)C(C)N. The highest BCUT2D eigenvalue weighted by Gasteiger charge is 2.09. The first-order chi connectivity index (χ1) is 4.09. The molecule has 0 spiro atoms. The Morgan fingerprint density at radius 3 is 2.44 bits per heavy atom. The lowest BCUT2D eigenvalue weighted by molar-refractivity contribution is -0.108. The summed E-state index contributed by atoms with van der Waals surface area (Å²) in [5, 5.41) is 6.93. The molecule has 0 aromatic rings. The predicted octanol–water partition coefficient (Wildman–Crippen LogP) is -0.444. The summed E-state index contributed by atoms with van der Waals surface area (Å²) in [4.78, 5) is 10.4. The predicted molar refractivity (Wildman–Crippen MR) is 35.2 cm³/mol. The zero-order valence-corrected chi connectivity index (χ0v) is 5.14.